The third-order valence-corrected chi connectivity index (χ3v) is 6.96. The summed E-state index contributed by atoms with van der Waals surface area (Å²) in [6, 6.07) is 8.52. The van der Waals surface area contributed by atoms with Gasteiger partial charge >= 0.3 is 5.71 Å². The van der Waals surface area contributed by atoms with Crippen molar-refractivity contribution in [2.45, 2.75) is 49.3 Å². The monoisotopic (exact) mass is 494 g/mol. The molecule has 2 rings (SSSR count). The molecule has 0 spiro atoms. The van der Waals surface area contributed by atoms with E-state index in [9.17, 15) is 35.5 Å². The second kappa shape index (κ2) is 10.3. The van der Waals surface area contributed by atoms with Crippen molar-refractivity contribution in [3.8, 4) is 0 Å². The molecule has 0 heterocycles. The van der Waals surface area contributed by atoms with Crippen LogP contribution in [-0.2, 0) is 42.7 Å². The summed E-state index contributed by atoms with van der Waals surface area (Å²) in [5.74, 6) is -1.53. The van der Waals surface area contributed by atoms with E-state index in [2.05, 4.69) is 4.79 Å². The van der Waals surface area contributed by atoms with E-state index in [1.807, 2.05) is 0 Å². The van der Waals surface area contributed by atoms with Crippen molar-refractivity contribution in [2.75, 3.05) is 0 Å². The van der Waals surface area contributed by atoms with Gasteiger partial charge in [-0.1, -0.05) is 24.3 Å². The zero-order valence-corrected chi connectivity index (χ0v) is 19.5. The Morgan fingerprint density at radius 3 is 1.45 bits per heavy atom. The van der Waals surface area contributed by atoms with Crippen molar-refractivity contribution >= 4 is 37.5 Å². The van der Waals surface area contributed by atoms with E-state index in [1.54, 1.807) is 12.1 Å². The Balaban J connectivity index is 2.07. The molecule has 2 aromatic rings. The summed E-state index contributed by atoms with van der Waals surface area (Å²) in [6.45, 7) is 3.00. The van der Waals surface area contributed by atoms with Crippen LogP contribution < -0.4 is 0 Å². The van der Waals surface area contributed by atoms with Gasteiger partial charge in [0.15, 0.2) is 0 Å². The highest BCUT2D eigenvalue weighted by molar-refractivity contribution is 7.86. The van der Waals surface area contributed by atoms with E-state index in [1.165, 1.54) is 38.1 Å². The fraction of sp³-hybridized carbons (Fsp3) is 0.286. The molecule has 2 N–H and O–H groups in total. The van der Waals surface area contributed by atoms with Crippen LogP contribution in [0.15, 0.2) is 46.2 Å². The summed E-state index contributed by atoms with van der Waals surface area (Å²) in [4.78, 5) is 27.0. The van der Waals surface area contributed by atoms with Crippen LogP contribution in [0, 0.1) is 13.8 Å². The lowest BCUT2D eigenvalue weighted by Crippen LogP contribution is -2.26. The quantitative estimate of drug-likeness (QED) is 0.166. The third kappa shape index (κ3) is 6.98. The molecule has 33 heavy (non-hydrogen) atoms. The molecule has 176 valence electrons. The molecule has 0 unspecified atom stereocenters. The Labute approximate surface area is 191 Å². The Hall–Kier alpha value is -3.02. The first kappa shape index (κ1) is 26.2. The lowest BCUT2D eigenvalue weighted by Gasteiger charge is -2.06. The van der Waals surface area contributed by atoms with Crippen molar-refractivity contribution in [1.29, 1.82) is 0 Å². The molecule has 0 atom stereocenters. The molecule has 10 nitrogen and oxygen atoms in total. The molecule has 0 bridgehead atoms. The maximum absolute atomic E-state index is 12.4. The Morgan fingerprint density at radius 2 is 1.15 bits per heavy atom. The first-order valence-corrected chi connectivity index (χ1v) is 12.5. The number of hydrogen-bond acceptors (Lipinski definition) is 6. The van der Waals surface area contributed by atoms with Gasteiger partial charge in [-0.25, -0.2) is 0 Å². The minimum atomic E-state index is -4.43. The van der Waals surface area contributed by atoms with Crippen LogP contribution in [0.4, 0.5) is 0 Å². The van der Waals surface area contributed by atoms with Crippen LogP contribution in [0.2, 0.25) is 0 Å². The number of hydrogen-bond donors (Lipinski definition) is 2. The van der Waals surface area contributed by atoms with Crippen LogP contribution in [0.25, 0.3) is 5.53 Å². The predicted octanol–water partition coefficient (Wildman–Crippen LogP) is 2.17. The van der Waals surface area contributed by atoms with Crippen LogP contribution >= 0.6 is 0 Å². The highest BCUT2D eigenvalue weighted by Crippen LogP contribution is 2.19. The molecule has 0 saturated carbocycles. The lowest BCUT2D eigenvalue weighted by atomic mass is 9.99. The predicted molar refractivity (Wildman–Crippen MR) is 117 cm³/mol. The molecular weight excluding hydrogens is 472 g/mol. The van der Waals surface area contributed by atoms with Crippen LogP contribution in [0.1, 0.15) is 35.1 Å². The van der Waals surface area contributed by atoms with Crippen LogP contribution in [0.3, 0.4) is 0 Å². The van der Waals surface area contributed by atoms with Gasteiger partial charge in [-0.2, -0.15) is 21.6 Å². The molecule has 2 aromatic carbocycles. The summed E-state index contributed by atoms with van der Waals surface area (Å²) >= 11 is 0. The van der Waals surface area contributed by atoms with Crippen molar-refractivity contribution < 1.29 is 40.3 Å². The highest BCUT2D eigenvalue weighted by atomic mass is 32.2. The maximum Gasteiger partial charge on any atom is 0.400 e. The van der Waals surface area contributed by atoms with Gasteiger partial charge in [0, 0.05) is 12.8 Å². The Bertz CT molecular complexity index is 1270. The molecule has 0 aliphatic heterocycles. The normalized spacial score (nSPS) is 11.6. The summed E-state index contributed by atoms with van der Waals surface area (Å²) in [5.41, 5.74) is 9.97. The van der Waals surface area contributed by atoms with Crippen molar-refractivity contribution in [1.82, 2.24) is 0 Å². The lowest BCUT2D eigenvalue weighted by molar-refractivity contribution is -0.124. The minimum absolute atomic E-state index is 0.0314. The van der Waals surface area contributed by atoms with Gasteiger partial charge in [-0.15, -0.1) is 0 Å². The molecule has 0 fully saturated rings. The number of nitrogens with zero attached hydrogens (tertiary/aromatic N) is 2. The van der Waals surface area contributed by atoms with E-state index >= 15 is 0 Å². The number of Topliss-reactive ketones (excluding diaryl/α,β-unsaturated/α-hetero) is 2. The summed E-state index contributed by atoms with van der Waals surface area (Å²) in [5, 5.41) is 0. The van der Waals surface area contributed by atoms with Crippen LogP contribution in [-0.4, -0.2) is 48.0 Å². The topological polar surface area (TPSA) is 179 Å². The minimum Gasteiger partial charge on any atom is -0.360 e. The number of aryl methyl sites for hydroxylation is 4. The molecular formula is C21H22N2O8S2. The van der Waals surface area contributed by atoms with E-state index in [0.29, 0.717) is 22.3 Å². The standard InChI is InChI=1S/C21H22N2O8S2/c1-13-3-5-15(11-19(13)32(26,27)28)7-9-17(24)21(23-22)18(25)10-8-16-6-4-14(2)20(12-16)33(29,30)31/h3-6,11-12H,7-10H2,1-2H3,(H,26,27,28)(H,29,30,31). The van der Waals surface area contributed by atoms with Crippen molar-refractivity contribution in [2.24, 2.45) is 0 Å². The third-order valence-electron chi connectivity index (χ3n) is 4.97. The van der Waals surface area contributed by atoms with E-state index in [4.69, 9.17) is 5.53 Å². The first-order chi connectivity index (χ1) is 15.2. The molecule has 0 saturated heterocycles. The molecule has 12 heteroatoms. The average Bonchev–Trinajstić information content (AvgIpc) is 2.71. The number of rotatable bonds is 10. The molecule has 0 amide bonds. The van der Waals surface area contributed by atoms with Crippen LogP contribution in [0.5, 0.6) is 0 Å². The van der Waals surface area contributed by atoms with E-state index in [-0.39, 0.29) is 35.5 Å². The summed E-state index contributed by atoms with van der Waals surface area (Å²) in [7, 11) is -8.87. The zero-order valence-electron chi connectivity index (χ0n) is 17.8. The van der Waals surface area contributed by atoms with E-state index in [0.717, 1.165) is 0 Å². The van der Waals surface area contributed by atoms with E-state index < -0.39 is 37.5 Å². The fourth-order valence-corrected chi connectivity index (χ4v) is 4.73. The van der Waals surface area contributed by atoms with Gasteiger partial charge in [-0.05, 0) is 61.1 Å². The highest BCUT2D eigenvalue weighted by Gasteiger charge is 2.28. The number of benzene rings is 2. The second-order valence-electron chi connectivity index (χ2n) is 7.44. The average molecular weight is 495 g/mol. The molecule has 0 aliphatic rings. The Kier molecular flexibility index (Phi) is 8.17. The van der Waals surface area contributed by atoms with Gasteiger partial charge in [-0.3, -0.25) is 18.7 Å². The summed E-state index contributed by atoms with van der Waals surface area (Å²) in [6.07, 6.45) is -0.444. The van der Waals surface area contributed by atoms with Gasteiger partial charge < -0.3 is 5.53 Å². The van der Waals surface area contributed by atoms with Gasteiger partial charge in [0.05, 0.1) is 9.79 Å². The molecule has 0 radical (unpaired) electrons. The van der Waals surface area contributed by atoms with Gasteiger partial charge in [0.2, 0.25) is 11.6 Å². The first-order valence-electron chi connectivity index (χ1n) is 9.66. The number of carbonyl (C=O) groups is 2. The zero-order chi connectivity index (χ0) is 25.0. The number of ketones is 2. The van der Waals surface area contributed by atoms with Crippen molar-refractivity contribution in [3.05, 3.63) is 64.2 Å². The van der Waals surface area contributed by atoms with Crippen molar-refractivity contribution in [3.63, 3.8) is 0 Å². The molecule has 0 aliphatic carbocycles. The molecule has 0 aromatic heterocycles. The van der Waals surface area contributed by atoms with Gasteiger partial charge in [0.25, 0.3) is 20.2 Å². The van der Waals surface area contributed by atoms with Gasteiger partial charge in [0.1, 0.15) is 0 Å². The fourth-order valence-electron chi connectivity index (χ4n) is 3.18. The smallest absolute Gasteiger partial charge is 0.360 e. The number of carbonyl (C=O) groups excluding carboxylic acids is 2. The second-order valence-corrected chi connectivity index (χ2v) is 10.2. The Morgan fingerprint density at radius 1 is 0.788 bits per heavy atom. The maximum atomic E-state index is 12.4. The summed E-state index contributed by atoms with van der Waals surface area (Å²) < 4.78 is 64.2. The SMILES string of the molecule is Cc1ccc(CCC(=O)C(=[N+]=[N-])C(=O)CCc2ccc(C)c(S(=O)(=O)O)c2)cc1S(=O)(=O)O. The largest absolute Gasteiger partial charge is 0.400 e.